The highest BCUT2D eigenvalue weighted by Crippen LogP contribution is 2.34. The van der Waals surface area contributed by atoms with Crippen molar-refractivity contribution in [1.29, 1.82) is 0 Å². The first kappa shape index (κ1) is 22.8. The Balaban J connectivity index is 1.50. The van der Waals surface area contributed by atoms with Crippen molar-refractivity contribution < 1.29 is 31.1 Å². The SMILES string of the molecule is Cc1ccc(C(F)(F)F)c(C(=O)N2CC[C@@H](Nc3cnc4ccc(C(F)(F)F)cc4n3)C2)c1. The number of anilines is 1. The van der Waals surface area contributed by atoms with Crippen LogP contribution in [0.3, 0.4) is 0 Å². The van der Waals surface area contributed by atoms with Crippen LogP contribution in [0.4, 0.5) is 32.2 Å². The fourth-order valence-corrected chi connectivity index (χ4v) is 3.78. The van der Waals surface area contributed by atoms with Gasteiger partial charge in [-0.15, -0.1) is 0 Å². The minimum atomic E-state index is -4.66. The number of hydrogen-bond donors (Lipinski definition) is 1. The van der Waals surface area contributed by atoms with Gasteiger partial charge in [-0.1, -0.05) is 11.6 Å². The Morgan fingerprint density at radius 2 is 1.79 bits per heavy atom. The van der Waals surface area contributed by atoms with E-state index in [-0.39, 0.29) is 36.0 Å². The molecule has 0 unspecified atom stereocenters. The number of fused-ring (bicyclic) bond motifs is 1. The molecule has 1 saturated heterocycles. The molecule has 174 valence electrons. The number of carbonyl (C=O) groups is 1. The molecule has 1 aliphatic rings. The van der Waals surface area contributed by atoms with Crippen LogP contribution in [0.1, 0.15) is 33.5 Å². The summed E-state index contributed by atoms with van der Waals surface area (Å²) in [7, 11) is 0. The van der Waals surface area contributed by atoms with Crippen molar-refractivity contribution in [1.82, 2.24) is 14.9 Å². The van der Waals surface area contributed by atoms with Gasteiger partial charge >= 0.3 is 12.4 Å². The Morgan fingerprint density at radius 1 is 1.03 bits per heavy atom. The molecule has 0 aliphatic carbocycles. The van der Waals surface area contributed by atoms with Crippen LogP contribution in [-0.2, 0) is 12.4 Å². The monoisotopic (exact) mass is 468 g/mol. The number of alkyl halides is 6. The van der Waals surface area contributed by atoms with Crippen molar-refractivity contribution in [2.45, 2.75) is 31.7 Å². The van der Waals surface area contributed by atoms with E-state index in [1.165, 1.54) is 29.3 Å². The molecule has 1 N–H and O–H groups in total. The molecule has 2 heterocycles. The van der Waals surface area contributed by atoms with Gasteiger partial charge < -0.3 is 10.2 Å². The minimum Gasteiger partial charge on any atom is -0.364 e. The Labute approximate surface area is 184 Å². The lowest BCUT2D eigenvalue weighted by molar-refractivity contribution is -0.138. The second kappa shape index (κ2) is 8.20. The van der Waals surface area contributed by atoms with E-state index in [0.717, 1.165) is 18.2 Å². The molecular formula is C22H18F6N4O. The van der Waals surface area contributed by atoms with Crippen molar-refractivity contribution in [2.24, 2.45) is 0 Å². The van der Waals surface area contributed by atoms with Crippen LogP contribution in [-0.4, -0.2) is 39.9 Å². The zero-order valence-electron chi connectivity index (χ0n) is 17.3. The summed E-state index contributed by atoms with van der Waals surface area (Å²) in [6.45, 7) is 1.95. The van der Waals surface area contributed by atoms with E-state index >= 15 is 0 Å². The van der Waals surface area contributed by atoms with Gasteiger partial charge in [0.15, 0.2) is 0 Å². The Hall–Kier alpha value is -3.37. The number of aromatic nitrogens is 2. The molecule has 1 amide bonds. The first-order valence-electron chi connectivity index (χ1n) is 9.99. The van der Waals surface area contributed by atoms with Crippen LogP contribution < -0.4 is 5.32 Å². The first-order chi connectivity index (χ1) is 15.4. The molecule has 1 atom stereocenters. The maximum absolute atomic E-state index is 13.4. The maximum atomic E-state index is 13.4. The largest absolute Gasteiger partial charge is 0.417 e. The smallest absolute Gasteiger partial charge is 0.364 e. The third-order valence-electron chi connectivity index (χ3n) is 5.41. The molecule has 1 fully saturated rings. The molecule has 1 aromatic heterocycles. The van der Waals surface area contributed by atoms with Crippen LogP contribution in [0, 0.1) is 6.92 Å². The van der Waals surface area contributed by atoms with E-state index in [9.17, 15) is 31.1 Å². The fraction of sp³-hybridized carbons (Fsp3) is 0.318. The van der Waals surface area contributed by atoms with Crippen molar-refractivity contribution in [3.63, 3.8) is 0 Å². The second-order valence-electron chi connectivity index (χ2n) is 7.88. The van der Waals surface area contributed by atoms with Gasteiger partial charge in [-0.05, 0) is 43.7 Å². The van der Waals surface area contributed by atoms with Crippen molar-refractivity contribution in [3.8, 4) is 0 Å². The standard InChI is InChI=1S/C22H18F6N4O/c1-12-2-4-16(22(26,27)28)15(8-12)20(33)32-7-6-14(11-32)30-19-10-29-17-5-3-13(21(23,24)25)9-18(17)31-19/h2-5,8-10,14H,6-7,11H2,1H3,(H,30,31)/t14-/m1/s1. The van der Waals surface area contributed by atoms with Gasteiger partial charge in [0.2, 0.25) is 0 Å². The summed E-state index contributed by atoms with van der Waals surface area (Å²) >= 11 is 0. The predicted molar refractivity (Wildman–Crippen MR) is 109 cm³/mol. The highest BCUT2D eigenvalue weighted by molar-refractivity contribution is 5.96. The average Bonchev–Trinajstić information content (AvgIpc) is 3.19. The lowest BCUT2D eigenvalue weighted by Gasteiger charge is -2.20. The number of rotatable bonds is 3. The van der Waals surface area contributed by atoms with Crippen LogP contribution in [0.5, 0.6) is 0 Å². The van der Waals surface area contributed by atoms with E-state index < -0.39 is 35.0 Å². The van der Waals surface area contributed by atoms with Crippen molar-refractivity contribution in [2.75, 3.05) is 18.4 Å². The average molecular weight is 468 g/mol. The van der Waals surface area contributed by atoms with Crippen LogP contribution >= 0.6 is 0 Å². The number of hydrogen-bond acceptors (Lipinski definition) is 4. The Morgan fingerprint density at radius 3 is 2.48 bits per heavy atom. The third kappa shape index (κ3) is 4.86. The summed E-state index contributed by atoms with van der Waals surface area (Å²) < 4.78 is 78.9. The number of carbonyl (C=O) groups excluding carboxylic acids is 1. The highest BCUT2D eigenvalue weighted by atomic mass is 19.4. The lowest BCUT2D eigenvalue weighted by atomic mass is 10.0. The molecule has 0 spiro atoms. The van der Waals surface area contributed by atoms with Gasteiger partial charge in [0, 0.05) is 19.1 Å². The number of halogens is 6. The molecule has 0 bridgehead atoms. The van der Waals surface area contributed by atoms with E-state index in [4.69, 9.17) is 0 Å². The topological polar surface area (TPSA) is 58.1 Å². The summed E-state index contributed by atoms with van der Waals surface area (Å²) in [5.41, 5.74) is -1.38. The Kier molecular flexibility index (Phi) is 5.67. The van der Waals surface area contributed by atoms with Crippen LogP contribution in [0.25, 0.3) is 11.0 Å². The summed E-state index contributed by atoms with van der Waals surface area (Å²) in [6, 6.07) is 6.12. The van der Waals surface area contributed by atoms with Gasteiger partial charge in [0.1, 0.15) is 5.82 Å². The van der Waals surface area contributed by atoms with Crippen molar-refractivity contribution in [3.05, 3.63) is 64.8 Å². The third-order valence-corrected chi connectivity index (χ3v) is 5.41. The van der Waals surface area contributed by atoms with E-state index in [0.29, 0.717) is 12.0 Å². The maximum Gasteiger partial charge on any atom is 0.417 e. The lowest BCUT2D eigenvalue weighted by Crippen LogP contribution is -2.33. The Bertz CT molecular complexity index is 1210. The molecule has 3 aromatic rings. The summed E-state index contributed by atoms with van der Waals surface area (Å²) in [5.74, 6) is -0.512. The van der Waals surface area contributed by atoms with Gasteiger partial charge in [-0.2, -0.15) is 26.3 Å². The van der Waals surface area contributed by atoms with E-state index in [1.54, 1.807) is 6.92 Å². The fourth-order valence-electron chi connectivity index (χ4n) is 3.78. The van der Waals surface area contributed by atoms with Crippen LogP contribution in [0.2, 0.25) is 0 Å². The molecule has 2 aromatic carbocycles. The quantitative estimate of drug-likeness (QED) is 0.530. The number of nitrogens with one attached hydrogen (secondary N) is 1. The zero-order chi connectivity index (χ0) is 24.0. The summed E-state index contributed by atoms with van der Waals surface area (Å²) in [6.07, 6.45) is -7.38. The van der Waals surface area contributed by atoms with Crippen LogP contribution in [0.15, 0.2) is 42.6 Å². The van der Waals surface area contributed by atoms with E-state index in [1.807, 2.05) is 0 Å². The first-order valence-corrected chi connectivity index (χ1v) is 9.99. The van der Waals surface area contributed by atoms with Crippen molar-refractivity contribution >= 4 is 22.8 Å². The molecular weight excluding hydrogens is 450 g/mol. The highest BCUT2D eigenvalue weighted by Gasteiger charge is 2.37. The number of nitrogens with zero attached hydrogens (tertiary/aromatic N) is 3. The summed E-state index contributed by atoms with van der Waals surface area (Å²) in [4.78, 5) is 22.4. The molecule has 0 saturated carbocycles. The molecule has 5 nitrogen and oxygen atoms in total. The number of benzene rings is 2. The summed E-state index contributed by atoms with van der Waals surface area (Å²) in [5, 5.41) is 3.01. The predicted octanol–water partition coefficient (Wildman–Crippen LogP) is 5.30. The molecule has 4 rings (SSSR count). The number of likely N-dealkylation sites (tertiary alicyclic amines) is 1. The van der Waals surface area contributed by atoms with Gasteiger partial charge in [-0.25, -0.2) is 4.98 Å². The van der Waals surface area contributed by atoms with E-state index in [2.05, 4.69) is 15.3 Å². The molecule has 11 heteroatoms. The molecule has 33 heavy (non-hydrogen) atoms. The molecule has 1 aliphatic heterocycles. The second-order valence-corrected chi connectivity index (χ2v) is 7.88. The minimum absolute atomic E-state index is 0.0512. The zero-order valence-corrected chi connectivity index (χ0v) is 17.3. The molecule has 0 radical (unpaired) electrons. The van der Waals surface area contributed by atoms with Gasteiger partial charge in [0.05, 0.1) is 33.9 Å². The van der Waals surface area contributed by atoms with Gasteiger partial charge in [0.25, 0.3) is 5.91 Å². The van der Waals surface area contributed by atoms with Gasteiger partial charge in [-0.3, -0.25) is 9.78 Å². The number of aryl methyl sites for hydroxylation is 1. The normalized spacial score (nSPS) is 16.9. The number of amides is 1.